The maximum absolute atomic E-state index is 13.5. The second-order valence-electron chi connectivity index (χ2n) is 4.23. The van der Waals surface area contributed by atoms with Crippen LogP contribution in [0.4, 0.5) is 4.39 Å². The number of ether oxygens (including phenoxy) is 1. The molecule has 0 saturated heterocycles. The van der Waals surface area contributed by atoms with E-state index in [4.69, 9.17) is 0 Å². The van der Waals surface area contributed by atoms with Gasteiger partial charge in [-0.15, -0.1) is 16.9 Å². The van der Waals surface area contributed by atoms with E-state index in [2.05, 4.69) is 15.0 Å². The fourth-order valence-corrected chi connectivity index (χ4v) is 2.79. The monoisotopic (exact) mass is 309 g/mol. The summed E-state index contributed by atoms with van der Waals surface area (Å²) in [6.07, 6.45) is 0.627. The fourth-order valence-electron chi connectivity index (χ4n) is 1.92. The average molecular weight is 309 g/mol. The number of halogens is 1. The summed E-state index contributed by atoms with van der Waals surface area (Å²) >= 11 is 1.40. The highest BCUT2D eigenvalue weighted by atomic mass is 32.2. The number of thioether (sulfide) groups is 1. The van der Waals surface area contributed by atoms with Crippen molar-refractivity contribution in [2.75, 3.05) is 12.9 Å². The topological polar surface area (TPSA) is 57.0 Å². The van der Waals surface area contributed by atoms with E-state index >= 15 is 0 Å². The van der Waals surface area contributed by atoms with Crippen molar-refractivity contribution in [3.63, 3.8) is 0 Å². The number of carbonyl (C=O) groups excluding carboxylic acids is 1. The van der Waals surface area contributed by atoms with Gasteiger partial charge in [-0.2, -0.15) is 0 Å². The highest BCUT2D eigenvalue weighted by Crippen LogP contribution is 2.21. The molecule has 0 aliphatic heterocycles. The van der Waals surface area contributed by atoms with Gasteiger partial charge in [0.25, 0.3) is 0 Å². The second-order valence-corrected chi connectivity index (χ2v) is 5.37. The molecule has 112 valence electrons. The number of rotatable bonds is 6. The van der Waals surface area contributed by atoms with Gasteiger partial charge in [0, 0.05) is 10.6 Å². The summed E-state index contributed by atoms with van der Waals surface area (Å²) in [5, 5.41) is 7.82. The van der Waals surface area contributed by atoms with Crippen LogP contribution in [0.15, 0.2) is 29.2 Å². The Bertz CT molecular complexity index is 630. The summed E-state index contributed by atoms with van der Waals surface area (Å²) in [4.78, 5) is 12.2. The molecule has 1 aromatic carbocycles. The van der Waals surface area contributed by atoms with Gasteiger partial charge in [0.05, 0.1) is 19.3 Å². The largest absolute Gasteiger partial charge is 0.464 e. The number of benzene rings is 1. The van der Waals surface area contributed by atoms with Crippen LogP contribution in [0.5, 0.6) is 0 Å². The number of hydrogen-bond acceptors (Lipinski definition) is 5. The molecule has 0 fully saturated rings. The minimum absolute atomic E-state index is 0.230. The number of esters is 1. The molecule has 5 nitrogen and oxygen atoms in total. The van der Waals surface area contributed by atoms with Crippen molar-refractivity contribution >= 4 is 17.7 Å². The van der Waals surface area contributed by atoms with Crippen molar-refractivity contribution < 1.29 is 13.9 Å². The first-order valence-corrected chi connectivity index (χ1v) is 7.54. The Morgan fingerprint density at radius 3 is 2.86 bits per heavy atom. The third kappa shape index (κ3) is 3.60. The highest BCUT2D eigenvalue weighted by molar-refractivity contribution is 7.99. The summed E-state index contributed by atoms with van der Waals surface area (Å²) in [6, 6.07) is 6.63. The number of methoxy groups -OCH3 is 1. The maximum Gasteiger partial charge on any atom is 0.360 e. The lowest BCUT2D eigenvalue weighted by Gasteiger charge is -2.06. The van der Waals surface area contributed by atoms with E-state index in [0.29, 0.717) is 23.6 Å². The number of hydrogen-bond donors (Lipinski definition) is 0. The van der Waals surface area contributed by atoms with Gasteiger partial charge in [-0.25, -0.2) is 13.9 Å². The third-order valence-corrected chi connectivity index (χ3v) is 3.98. The van der Waals surface area contributed by atoms with Gasteiger partial charge >= 0.3 is 5.97 Å². The number of carbonyl (C=O) groups is 1. The van der Waals surface area contributed by atoms with Crippen LogP contribution in [0, 0.1) is 5.82 Å². The molecule has 1 aromatic heterocycles. The predicted molar refractivity (Wildman–Crippen MR) is 77.9 cm³/mol. The van der Waals surface area contributed by atoms with E-state index in [1.54, 1.807) is 22.9 Å². The van der Waals surface area contributed by atoms with Crippen molar-refractivity contribution in [2.24, 2.45) is 0 Å². The van der Waals surface area contributed by atoms with Crippen molar-refractivity contribution in [3.05, 3.63) is 41.5 Å². The standard InChI is InChI=1S/C14H16FN3O2S/c1-3-11-13(14(19)20-2)16-17-18(11)8-9-21-12-7-5-4-6-10(12)15/h4-7H,3,8-9H2,1-2H3. The molecule has 0 atom stereocenters. The summed E-state index contributed by atoms with van der Waals surface area (Å²) < 4.78 is 19.8. The maximum atomic E-state index is 13.5. The van der Waals surface area contributed by atoms with E-state index in [1.807, 2.05) is 6.92 Å². The van der Waals surface area contributed by atoms with Crippen LogP contribution >= 0.6 is 11.8 Å². The van der Waals surface area contributed by atoms with Crippen LogP contribution in [0.25, 0.3) is 0 Å². The van der Waals surface area contributed by atoms with Gasteiger partial charge in [-0.05, 0) is 18.6 Å². The summed E-state index contributed by atoms with van der Waals surface area (Å²) in [7, 11) is 1.31. The zero-order valence-corrected chi connectivity index (χ0v) is 12.7. The van der Waals surface area contributed by atoms with Crippen LogP contribution in [-0.4, -0.2) is 33.8 Å². The molecule has 0 amide bonds. The lowest BCUT2D eigenvalue weighted by Crippen LogP contribution is -2.10. The van der Waals surface area contributed by atoms with E-state index in [9.17, 15) is 9.18 Å². The quantitative estimate of drug-likeness (QED) is 0.606. The van der Waals surface area contributed by atoms with Gasteiger partial charge in [0.15, 0.2) is 5.69 Å². The number of nitrogens with zero attached hydrogens (tertiary/aromatic N) is 3. The van der Waals surface area contributed by atoms with Crippen molar-refractivity contribution in [3.8, 4) is 0 Å². The van der Waals surface area contributed by atoms with Crippen molar-refractivity contribution in [2.45, 2.75) is 24.8 Å². The summed E-state index contributed by atoms with van der Waals surface area (Å²) in [5.41, 5.74) is 0.979. The molecule has 2 aromatic rings. The first-order valence-electron chi connectivity index (χ1n) is 6.55. The first-order chi connectivity index (χ1) is 10.2. The molecule has 2 rings (SSSR count). The van der Waals surface area contributed by atoms with Crippen LogP contribution in [0.1, 0.15) is 23.1 Å². The molecular formula is C14H16FN3O2S. The minimum atomic E-state index is -0.486. The van der Waals surface area contributed by atoms with Crippen molar-refractivity contribution in [1.29, 1.82) is 0 Å². The van der Waals surface area contributed by atoms with Crippen LogP contribution in [0.3, 0.4) is 0 Å². The van der Waals surface area contributed by atoms with E-state index in [1.165, 1.54) is 24.9 Å². The van der Waals surface area contributed by atoms with Crippen molar-refractivity contribution in [1.82, 2.24) is 15.0 Å². The van der Waals surface area contributed by atoms with Gasteiger partial charge in [-0.1, -0.05) is 24.3 Å². The van der Waals surface area contributed by atoms with E-state index < -0.39 is 5.97 Å². The van der Waals surface area contributed by atoms with Crippen LogP contribution in [-0.2, 0) is 17.7 Å². The molecular weight excluding hydrogens is 293 g/mol. The molecule has 0 unspecified atom stereocenters. The highest BCUT2D eigenvalue weighted by Gasteiger charge is 2.18. The Morgan fingerprint density at radius 1 is 1.43 bits per heavy atom. The zero-order chi connectivity index (χ0) is 15.2. The van der Waals surface area contributed by atoms with Gasteiger partial charge in [0.1, 0.15) is 5.82 Å². The Balaban J connectivity index is 2.02. The Hall–Kier alpha value is -1.89. The Morgan fingerprint density at radius 2 is 2.19 bits per heavy atom. The molecule has 1 heterocycles. The first kappa shape index (κ1) is 15.5. The molecule has 0 aliphatic rings. The minimum Gasteiger partial charge on any atom is -0.464 e. The Kier molecular flexibility index (Phi) is 5.32. The average Bonchev–Trinajstić information content (AvgIpc) is 2.91. The molecule has 0 aliphatic carbocycles. The van der Waals surface area contributed by atoms with Gasteiger partial charge < -0.3 is 4.74 Å². The molecule has 0 radical (unpaired) electrons. The Labute approximate surface area is 126 Å². The zero-order valence-electron chi connectivity index (χ0n) is 11.9. The van der Waals surface area contributed by atoms with Gasteiger partial charge in [0.2, 0.25) is 0 Å². The smallest absolute Gasteiger partial charge is 0.360 e. The molecule has 0 N–H and O–H groups in total. The number of aromatic nitrogens is 3. The second kappa shape index (κ2) is 7.21. The predicted octanol–water partition coefficient (Wildman–Crippen LogP) is 2.56. The van der Waals surface area contributed by atoms with Crippen LogP contribution < -0.4 is 0 Å². The molecule has 0 spiro atoms. The van der Waals surface area contributed by atoms with Gasteiger partial charge in [-0.3, -0.25) is 0 Å². The molecule has 21 heavy (non-hydrogen) atoms. The summed E-state index contributed by atoms with van der Waals surface area (Å²) in [5.74, 6) is -0.0790. The molecule has 7 heteroatoms. The van der Waals surface area contributed by atoms with E-state index in [-0.39, 0.29) is 11.5 Å². The number of aryl methyl sites for hydroxylation is 1. The van der Waals surface area contributed by atoms with Crippen LogP contribution in [0.2, 0.25) is 0 Å². The lowest BCUT2D eigenvalue weighted by atomic mass is 10.2. The molecule has 0 bridgehead atoms. The lowest BCUT2D eigenvalue weighted by molar-refractivity contribution is 0.0592. The summed E-state index contributed by atoms with van der Waals surface area (Å²) in [6.45, 7) is 2.47. The SMILES string of the molecule is CCc1c(C(=O)OC)nnn1CCSc1ccccc1F. The normalized spacial score (nSPS) is 10.6. The fraction of sp³-hybridized carbons (Fsp3) is 0.357. The van der Waals surface area contributed by atoms with E-state index in [0.717, 1.165) is 5.69 Å². The third-order valence-electron chi connectivity index (χ3n) is 2.95. The molecule has 0 saturated carbocycles.